The number of nitrogens with one attached hydrogen (secondary N) is 1. The average Bonchev–Trinajstić information content (AvgIpc) is 3.22. The highest BCUT2D eigenvalue weighted by atomic mass is 32.2. The van der Waals surface area contributed by atoms with Gasteiger partial charge in [0.15, 0.2) is 12.4 Å². The van der Waals surface area contributed by atoms with E-state index in [0.29, 0.717) is 29.9 Å². The molecule has 4 rings (SSSR count). The van der Waals surface area contributed by atoms with Crippen molar-refractivity contribution in [3.05, 3.63) is 53.6 Å². The van der Waals surface area contributed by atoms with Crippen LogP contribution in [0.25, 0.3) is 0 Å². The molecule has 0 aliphatic carbocycles. The number of anilines is 2. The van der Waals surface area contributed by atoms with Crippen molar-refractivity contribution in [3.8, 4) is 0 Å². The number of hydrogen-bond donors (Lipinski definition) is 1. The van der Waals surface area contributed by atoms with Crippen molar-refractivity contribution < 1.29 is 27.5 Å². The van der Waals surface area contributed by atoms with Crippen LogP contribution in [0, 0.1) is 0 Å². The third-order valence-corrected chi connectivity index (χ3v) is 8.43. The average molecular weight is 475 g/mol. The van der Waals surface area contributed by atoms with E-state index in [9.17, 15) is 22.8 Å². The van der Waals surface area contributed by atoms with Crippen molar-refractivity contribution in [3.63, 3.8) is 0 Å². The molecule has 0 bridgehead atoms. The summed E-state index contributed by atoms with van der Waals surface area (Å²) in [5, 5.41) is 2.14. The van der Waals surface area contributed by atoms with E-state index in [1.54, 1.807) is 31.2 Å². The Balaban J connectivity index is 1.34. The first-order valence-corrected chi connectivity index (χ1v) is 12.7. The number of esters is 1. The van der Waals surface area contributed by atoms with Gasteiger partial charge >= 0.3 is 5.97 Å². The number of thioether (sulfide) groups is 1. The molecule has 0 spiro atoms. The first-order chi connectivity index (χ1) is 15.3. The SMILES string of the molecule is CCS(=O)(=O)N1CCc2cc(C(=O)COC(=O)CC3Sc4ccccc4NC3=O)ccc21. The summed E-state index contributed by atoms with van der Waals surface area (Å²) < 4.78 is 30.9. The fourth-order valence-electron chi connectivity index (χ4n) is 3.66. The van der Waals surface area contributed by atoms with Crippen LogP contribution >= 0.6 is 11.8 Å². The maximum Gasteiger partial charge on any atom is 0.307 e. The quantitative estimate of drug-likeness (QED) is 0.485. The van der Waals surface area contributed by atoms with Crippen LogP contribution in [0.15, 0.2) is 47.4 Å². The summed E-state index contributed by atoms with van der Waals surface area (Å²) >= 11 is 1.29. The zero-order valence-electron chi connectivity index (χ0n) is 17.4. The van der Waals surface area contributed by atoms with E-state index in [1.807, 2.05) is 18.2 Å². The van der Waals surface area contributed by atoms with Crippen LogP contribution in [-0.4, -0.2) is 50.2 Å². The number of rotatable bonds is 7. The van der Waals surface area contributed by atoms with Crippen molar-refractivity contribution in [2.75, 3.05) is 28.5 Å². The van der Waals surface area contributed by atoms with Gasteiger partial charge in [0.2, 0.25) is 15.9 Å². The summed E-state index contributed by atoms with van der Waals surface area (Å²) in [5.41, 5.74) is 2.42. The molecule has 2 aliphatic heterocycles. The summed E-state index contributed by atoms with van der Waals surface area (Å²) in [6.45, 7) is 1.50. The number of Topliss-reactive ketones (excluding diaryl/α,β-unsaturated/α-hetero) is 1. The Bertz CT molecular complexity index is 1190. The molecule has 8 nitrogen and oxygen atoms in total. The van der Waals surface area contributed by atoms with E-state index in [2.05, 4.69) is 5.32 Å². The van der Waals surface area contributed by atoms with Gasteiger partial charge in [0.05, 0.1) is 28.8 Å². The van der Waals surface area contributed by atoms with Crippen molar-refractivity contribution in [2.45, 2.75) is 29.9 Å². The van der Waals surface area contributed by atoms with Gasteiger partial charge in [-0.2, -0.15) is 0 Å². The third kappa shape index (κ3) is 4.51. The number of ether oxygens (including phenoxy) is 1. The van der Waals surface area contributed by atoms with Crippen LogP contribution < -0.4 is 9.62 Å². The molecule has 1 amide bonds. The molecule has 2 aliphatic rings. The molecular weight excluding hydrogens is 452 g/mol. The van der Waals surface area contributed by atoms with Gasteiger partial charge in [-0.3, -0.25) is 18.7 Å². The molecule has 2 aromatic rings. The van der Waals surface area contributed by atoms with Crippen molar-refractivity contribution in [1.82, 2.24) is 0 Å². The first-order valence-electron chi connectivity index (χ1n) is 10.2. The summed E-state index contributed by atoms with van der Waals surface area (Å²) in [4.78, 5) is 37.8. The van der Waals surface area contributed by atoms with Gasteiger partial charge in [0, 0.05) is 17.0 Å². The molecule has 0 aromatic heterocycles. The third-order valence-electron chi connectivity index (χ3n) is 5.38. The highest BCUT2D eigenvalue weighted by Crippen LogP contribution is 2.36. The molecule has 0 saturated heterocycles. The standard InChI is InChI=1S/C22H22N2O6S2/c1-2-32(28,29)24-10-9-14-11-15(7-8-17(14)24)18(25)13-30-21(26)12-20-22(27)23-16-5-3-4-6-19(16)31-20/h3-8,11,20H,2,9-10,12-13H2,1H3,(H,23,27). The predicted molar refractivity (Wildman–Crippen MR) is 122 cm³/mol. The van der Waals surface area contributed by atoms with Crippen LogP contribution in [0.2, 0.25) is 0 Å². The molecule has 1 N–H and O–H groups in total. The molecule has 0 radical (unpaired) electrons. The molecule has 2 aromatic carbocycles. The first kappa shape index (κ1) is 22.3. The lowest BCUT2D eigenvalue weighted by Gasteiger charge is -2.23. The van der Waals surface area contributed by atoms with E-state index < -0.39 is 27.8 Å². The zero-order valence-corrected chi connectivity index (χ0v) is 19.0. The summed E-state index contributed by atoms with van der Waals surface area (Å²) in [7, 11) is -3.36. The molecule has 10 heteroatoms. The largest absolute Gasteiger partial charge is 0.457 e. The summed E-state index contributed by atoms with van der Waals surface area (Å²) in [5.74, 6) is -1.29. The van der Waals surface area contributed by atoms with Gasteiger partial charge < -0.3 is 10.1 Å². The Morgan fingerprint density at radius 1 is 1.22 bits per heavy atom. The van der Waals surface area contributed by atoms with Gasteiger partial charge in [-0.05, 0) is 49.2 Å². The number of para-hydroxylation sites is 1. The minimum atomic E-state index is -3.36. The molecule has 2 heterocycles. The minimum Gasteiger partial charge on any atom is -0.457 e. The monoisotopic (exact) mass is 474 g/mol. The molecular formula is C22H22N2O6S2. The second kappa shape index (κ2) is 8.95. The topological polar surface area (TPSA) is 110 Å². The van der Waals surface area contributed by atoms with Crippen LogP contribution in [0.3, 0.4) is 0 Å². The number of sulfonamides is 1. The Morgan fingerprint density at radius 3 is 2.78 bits per heavy atom. The Hall–Kier alpha value is -2.85. The van der Waals surface area contributed by atoms with Crippen molar-refractivity contribution in [2.24, 2.45) is 0 Å². The molecule has 1 atom stereocenters. The van der Waals surface area contributed by atoms with Crippen LogP contribution in [0.4, 0.5) is 11.4 Å². The number of ketones is 1. The molecule has 0 saturated carbocycles. The van der Waals surface area contributed by atoms with E-state index in [4.69, 9.17) is 4.74 Å². The highest BCUT2D eigenvalue weighted by Gasteiger charge is 2.30. The van der Waals surface area contributed by atoms with E-state index in [1.165, 1.54) is 16.1 Å². The minimum absolute atomic E-state index is 0.00591. The lowest BCUT2D eigenvalue weighted by atomic mass is 10.1. The van der Waals surface area contributed by atoms with E-state index in [0.717, 1.165) is 10.5 Å². The maximum absolute atomic E-state index is 12.5. The zero-order chi connectivity index (χ0) is 22.9. The number of fused-ring (bicyclic) bond motifs is 2. The second-order valence-electron chi connectivity index (χ2n) is 7.45. The number of hydrogen-bond acceptors (Lipinski definition) is 7. The van der Waals surface area contributed by atoms with Crippen molar-refractivity contribution >= 4 is 50.8 Å². The van der Waals surface area contributed by atoms with Gasteiger partial charge in [-0.1, -0.05) is 12.1 Å². The number of carbonyl (C=O) groups excluding carboxylic acids is 3. The Labute approximate surface area is 190 Å². The van der Waals surface area contributed by atoms with E-state index >= 15 is 0 Å². The Kier molecular flexibility index (Phi) is 6.25. The lowest BCUT2D eigenvalue weighted by Crippen LogP contribution is -2.31. The smallest absolute Gasteiger partial charge is 0.307 e. The van der Waals surface area contributed by atoms with Crippen LogP contribution in [0.5, 0.6) is 0 Å². The number of carbonyl (C=O) groups is 3. The van der Waals surface area contributed by atoms with Crippen LogP contribution in [-0.2, 0) is 30.8 Å². The summed E-state index contributed by atoms with van der Waals surface area (Å²) in [6.07, 6.45) is 0.372. The fraction of sp³-hybridized carbons (Fsp3) is 0.318. The fourth-order valence-corrected chi connectivity index (χ4v) is 5.91. The van der Waals surface area contributed by atoms with Crippen molar-refractivity contribution in [1.29, 1.82) is 0 Å². The van der Waals surface area contributed by atoms with Gasteiger partial charge in [0.25, 0.3) is 0 Å². The van der Waals surface area contributed by atoms with Gasteiger partial charge in [0.1, 0.15) is 0 Å². The van der Waals surface area contributed by atoms with Gasteiger partial charge in [-0.25, -0.2) is 8.42 Å². The summed E-state index contributed by atoms with van der Waals surface area (Å²) in [6, 6.07) is 12.1. The molecule has 168 valence electrons. The number of benzene rings is 2. The maximum atomic E-state index is 12.5. The number of amides is 1. The lowest BCUT2D eigenvalue weighted by molar-refractivity contribution is -0.143. The Morgan fingerprint density at radius 2 is 2.00 bits per heavy atom. The second-order valence-corrected chi connectivity index (χ2v) is 10.9. The van der Waals surface area contributed by atoms with E-state index in [-0.39, 0.29) is 23.9 Å². The van der Waals surface area contributed by atoms with Gasteiger partial charge in [-0.15, -0.1) is 11.8 Å². The normalized spacial score (nSPS) is 17.3. The number of nitrogens with zero attached hydrogens (tertiary/aromatic N) is 1. The van der Waals surface area contributed by atoms with Crippen LogP contribution in [0.1, 0.15) is 29.3 Å². The molecule has 0 fully saturated rings. The predicted octanol–water partition coefficient (Wildman–Crippen LogP) is 2.63. The molecule has 32 heavy (non-hydrogen) atoms. The highest BCUT2D eigenvalue weighted by molar-refractivity contribution is 8.01. The molecule has 1 unspecified atom stereocenters.